The van der Waals surface area contributed by atoms with Crippen molar-refractivity contribution in [2.45, 2.75) is 58.7 Å². The highest BCUT2D eigenvalue weighted by Crippen LogP contribution is 2.29. The Morgan fingerprint density at radius 1 is 0.919 bits per heavy atom. The Bertz CT molecular complexity index is 1200. The van der Waals surface area contributed by atoms with Gasteiger partial charge >= 0.3 is 0 Å². The topological polar surface area (TPSA) is 45.2 Å². The van der Waals surface area contributed by atoms with Crippen LogP contribution in [0.2, 0.25) is 0 Å². The second-order valence-corrected chi connectivity index (χ2v) is 10.7. The molecule has 0 fully saturated rings. The summed E-state index contributed by atoms with van der Waals surface area (Å²) in [5.41, 5.74) is 5.74. The molecule has 4 aromatic rings. The van der Waals surface area contributed by atoms with E-state index in [4.69, 9.17) is 4.98 Å². The highest BCUT2D eigenvalue weighted by atomic mass is 32.1. The number of benzene rings is 3. The van der Waals surface area contributed by atoms with Gasteiger partial charge in [-0.05, 0) is 49.9 Å². The lowest BCUT2D eigenvalue weighted by Gasteiger charge is -2.25. The first-order valence-corrected chi connectivity index (χ1v) is 14.0. The molecule has 0 bridgehead atoms. The molecule has 3 aromatic carbocycles. The van der Waals surface area contributed by atoms with Crippen LogP contribution >= 0.6 is 11.3 Å². The SMILES string of the molecule is CC[C@H](C)NC(=O)c1csc(CN(CCC(c2ccccc2)c2ccccc2)Cc2ccc(C)cc2)n1. The van der Waals surface area contributed by atoms with Gasteiger partial charge in [-0.2, -0.15) is 0 Å². The van der Waals surface area contributed by atoms with Crippen molar-refractivity contribution in [1.82, 2.24) is 15.2 Å². The van der Waals surface area contributed by atoms with Crippen LogP contribution in [0.25, 0.3) is 0 Å². The summed E-state index contributed by atoms with van der Waals surface area (Å²) < 4.78 is 0. The Hall–Kier alpha value is -3.28. The molecule has 0 aliphatic heterocycles. The molecular formula is C32H37N3OS. The Morgan fingerprint density at radius 2 is 1.54 bits per heavy atom. The van der Waals surface area contributed by atoms with Gasteiger partial charge in [-0.15, -0.1) is 11.3 Å². The Labute approximate surface area is 225 Å². The summed E-state index contributed by atoms with van der Waals surface area (Å²) in [7, 11) is 0. The Morgan fingerprint density at radius 3 is 2.14 bits per heavy atom. The van der Waals surface area contributed by atoms with E-state index >= 15 is 0 Å². The minimum atomic E-state index is -0.0878. The minimum Gasteiger partial charge on any atom is -0.348 e. The number of nitrogens with zero attached hydrogens (tertiary/aromatic N) is 2. The van der Waals surface area contributed by atoms with Gasteiger partial charge in [0.2, 0.25) is 0 Å². The molecule has 4 rings (SSSR count). The number of aromatic nitrogens is 1. The Kier molecular flexibility index (Phi) is 9.64. The molecule has 0 aliphatic carbocycles. The molecular weight excluding hydrogens is 474 g/mol. The van der Waals surface area contributed by atoms with Crippen LogP contribution in [0.4, 0.5) is 0 Å². The normalized spacial score (nSPS) is 12.1. The predicted molar refractivity (Wildman–Crippen MR) is 154 cm³/mol. The van der Waals surface area contributed by atoms with E-state index in [0.717, 1.165) is 30.9 Å². The van der Waals surface area contributed by atoms with Gasteiger partial charge in [0.05, 0.1) is 6.54 Å². The number of hydrogen-bond acceptors (Lipinski definition) is 4. The molecule has 1 heterocycles. The van der Waals surface area contributed by atoms with E-state index in [1.165, 1.54) is 22.3 Å². The quantitative estimate of drug-likeness (QED) is 0.219. The van der Waals surface area contributed by atoms with Crippen LogP contribution in [0.1, 0.15) is 70.4 Å². The minimum absolute atomic E-state index is 0.0878. The molecule has 1 amide bonds. The summed E-state index contributed by atoms with van der Waals surface area (Å²) in [5, 5.41) is 5.88. The van der Waals surface area contributed by atoms with Gasteiger partial charge in [-0.3, -0.25) is 9.69 Å². The molecule has 4 nitrogen and oxygen atoms in total. The fourth-order valence-electron chi connectivity index (χ4n) is 4.45. The standard InChI is InChI=1S/C32H37N3OS/c1-4-25(3)33-32(36)30-23-37-31(34-30)22-35(21-26-17-15-24(2)16-18-26)20-19-29(27-11-7-5-8-12-27)28-13-9-6-10-14-28/h5-18,23,25,29H,4,19-22H2,1-3H3,(H,33,36)/t25-/m0/s1. The van der Waals surface area contributed by atoms with Crippen molar-refractivity contribution in [3.05, 3.63) is 123 Å². The third-order valence-electron chi connectivity index (χ3n) is 6.80. The van der Waals surface area contributed by atoms with Crippen molar-refractivity contribution < 1.29 is 4.79 Å². The zero-order valence-electron chi connectivity index (χ0n) is 22.1. The maximum absolute atomic E-state index is 12.6. The fraction of sp³-hybridized carbons (Fsp3) is 0.312. The molecule has 1 aromatic heterocycles. The first-order chi connectivity index (χ1) is 18.0. The van der Waals surface area contributed by atoms with Crippen LogP contribution in [0.3, 0.4) is 0 Å². The zero-order valence-corrected chi connectivity index (χ0v) is 22.9. The highest BCUT2D eigenvalue weighted by Gasteiger charge is 2.19. The monoisotopic (exact) mass is 511 g/mol. The van der Waals surface area contributed by atoms with Crippen LogP contribution in [0.15, 0.2) is 90.3 Å². The van der Waals surface area contributed by atoms with Crippen molar-refractivity contribution >= 4 is 17.2 Å². The predicted octanol–water partition coefficient (Wildman–Crippen LogP) is 7.20. The van der Waals surface area contributed by atoms with Gasteiger partial charge in [0.15, 0.2) is 0 Å². The van der Waals surface area contributed by atoms with E-state index in [-0.39, 0.29) is 11.9 Å². The van der Waals surface area contributed by atoms with Gasteiger partial charge in [0, 0.05) is 23.9 Å². The third-order valence-corrected chi connectivity index (χ3v) is 7.63. The molecule has 0 spiro atoms. The van der Waals surface area contributed by atoms with Gasteiger partial charge in [-0.1, -0.05) is 97.4 Å². The van der Waals surface area contributed by atoms with Crippen LogP contribution in [-0.2, 0) is 13.1 Å². The lowest BCUT2D eigenvalue weighted by molar-refractivity contribution is 0.0934. The molecule has 1 N–H and O–H groups in total. The number of amides is 1. The summed E-state index contributed by atoms with van der Waals surface area (Å²) in [6.45, 7) is 8.67. The average Bonchev–Trinajstić information content (AvgIpc) is 3.40. The molecule has 0 aliphatic rings. The maximum atomic E-state index is 12.6. The smallest absolute Gasteiger partial charge is 0.270 e. The summed E-state index contributed by atoms with van der Waals surface area (Å²) in [4.78, 5) is 19.7. The number of aryl methyl sites for hydroxylation is 1. The maximum Gasteiger partial charge on any atom is 0.270 e. The summed E-state index contributed by atoms with van der Waals surface area (Å²) in [6.07, 6.45) is 1.89. The van der Waals surface area contributed by atoms with Crippen LogP contribution in [0, 0.1) is 6.92 Å². The molecule has 192 valence electrons. The summed E-state index contributed by atoms with van der Waals surface area (Å²) in [5.74, 6) is 0.228. The van der Waals surface area contributed by atoms with E-state index < -0.39 is 0 Å². The molecule has 1 atom stereocenters. The van der Waals surface area contributed by atoms with Crippen molar-refractivity contribution in [3.8, 4) is 0 Å². The second-order valence-electron chi connectivity index (χ2n) is 9.77. The lowest BCUT2D eigenvalue weighted by atomic mass is 9.88. The van der Waals surface area contributed by atoms with Crippen LogP contribution in [0.5, 0.6) is 0 Å². The molecule has 0 saturated heterocycles. The van der Waals surface area contributed by atoms with Gasteiger partial charge in [0.25, 0.3) is 5.91 Å². The summed E-state index contributed by atoms with van der Waals surface area (Å²) >= 11 is 1.57. The Balaban J connectivity index is 1.52. The molecule has 0 radical (unpaired) electrons. The first kappa shape index (κ1) is 26.8. The van der Waals surface area contributed by atoms with E-state index in [0.29, 0.717) is 18.2 Å². The average molecular weight is 512 g/mol. The van der Waals surface area contributed by atoms with Crippen molar-refractivity contribution in [1.29, 1.82) is 0 Å². The van der Waals surface area contributed by atoms with Crippen molar-refractivity contribution in [2.75, 3.05) is 6.54 Å². The van der Waals surface area contributed by atoms with Gasteiger partial charge < -0.3 is 5.32 Å². The van der Waals surface area contributed by atoms with E-state index in [1.807, 2.05) is 12.3 Å². The molecule has 0 saturated carbocycles. The number of nitrogens with one attached hydrogen (secondary N) is 1. The van der Waals surface area contributed by atoms with E-state index in [9.17, 15) is 4.79 Å². The van der Waals surface area contributed by atoms with E-state index in [1.54, 1.807) is 11.3 Å². The van der Waals surface area contributed by atoms with Gasteiger partial charge in [0.1, 0.15) is 10.7 Å². The number of rotatable bonds is 12. The molecule has 5 heteroatoms. The number of carbonyl (C=O) groups excluding carboxylic acids is 1. The number of carbonyl (C=O) groups is 1. The number of thiazole rings is 1. The van der Waals surface area contributed by atoms with E-state index in [2.05, 4.69) is 109 Å². The first-order valence-electron chi connectivity index (χ1n) is 13.1. The largest absolute Gasteiger partial charge is 0.348 e. The van der Waals surface area contributed by atoms with Crippen LogP contribution < -0.4 is 5.32 Å². The highest BCUT2D eigenvalue weighted by molar-refractivity contribution is 7.09. The van der Waals surface area contributed by atoms with Gasteiger partial charge in [-0.25, -0.2) is 4.98 Å². The van der Waals surface area contributed by atoms with Crippen molar-refractivity contribution in [3.63, 3.8) is 0 Å². The fourth-order valence-corrected chi connectivity index (χ4v) is 5.27. The lowest BCUT2D eigenvalue weighted by Crippen LogP contribution is -2.32. The molecule has 37 heavy (non-hydrogen) atoms. The second kappa shape index (κ2) is 13.3. The number of hydrogen-bond donors (Lipinski definition) is 1. The third kappa shape index (κ3) is 7.85. The van der Waals surface area contributed by atoms with Crippen molar-refractivity contribution in [2.24, 2.45) is 0 Å². The summed E-state index contributed by atoms with van der Waals surface area (Å²) in [6, 6.07) is 30.5. The molecule has 0 unspecified atom stereocenters. The zero-order chi connectivity index (χ0) is 26.0. The van der Waals surface area contributed by atoms with Crippen LogP contribution in [-0.4, -0.2) is 28.4 Å².